The molecule has 4 nitrogen and oxygen atoms in total. The van der Waals surface area contributed by atoms with Crippen LogP contribution in [0.1, 0.15) is 5.69 Å². The Morgan fingerprint density at radius 3 is 2.44 bits per heavy atom. The van der Waals surface area contributed by atoms with Gasteiger partial charge in [0.1, 0.15) is 0 Å². The van der Waals surface area contributed by atoms with Gasteiger partial charge in [-0.05, 0) is 43.3 Å². The standard InChI is InChI=1S/C22H15ClN4/c1-14-20-21-16(9-12-19(25-21)15-7-10-17(23)11-8-15)13-24-22(20)27(26-14)18-5-3-2-4-6-18/h2-13H,1H3. The highest BCUT2D eigenvalue weighted by atomic mass is 35.5. The molecule has 130 valence electrons. The predicted octanol–water partition coefficient (Wildman–Crippen LogP) is 5.60. The van der Waals surface area contributed by atoms with E-state index in [-0.39, 0.29) is 0 Å². The van der Waals surface area contributed by atoms with Crippen LogP contribution in [0.3, 0.4) is 0 Å². The average molecular weight is 371 g/mol. The topological polar surface area (TPSA) is 43.6 Å². The van der Waals surface area contributed by atoms with Gasteiger partial charge in [-0.3, -0.25) is 0 Å². The van der Waals surface area contributed by atoms with Gasteiger partial charge in [-0.25, -0.2) is 14.6 Å². The van der Waals surface area contributed by atoms with Crippen molar-refractivity contribution in [3.63, 3.8) is 0 Å². The van der Waals surface area contributed by atoms with Crippen molar-refractivity contribution in [3.05, 3.63) is 83.6 Å². The summed E-state index contributed by atoms with van der Waals surface area (Å²) in [6.45, 7) is 2.00. The van der Waals surface area contributed by atoms with Crippen LogP contribution in [0.5, 0.6) is 0 Å². The van der Waals surface area contributed by atoms with Gasteiger partial charge in [-0.1, -0.05) is 41.9 Å². The Balaban J connectivity index is 1.78. The SMILES string of the molecule is Cc1nn(-c2ccccc2)c2ncc3ccc(-c4ccc(Cl)cc4)nc3c12. The fourth-order valence-corrected chi connectivity index (χ4v) is 3.47. The maximum atomic E-state index is 6.01. The second-order valence-corrected chi connectivity index (χ2v) is 6.87. The number of rotatable bonds is 2. The minimum Gasteiger partial charge on any atom is -0.247 e. The Morgan fingerprint density at radius 1 is 0.889 bits per heavy atom. The molecule has 5 heteroatoms. The lowest BCUT2D eigenvalue weighted by Crippen LogP contribution is -1.97. The molecule has 3 aromatic heterocycles. The first-order valence-corrected chi connectivity index (χ1v) is 9.05. The Kier molecular flexibility index (Phi) is 3.66. The number of hydrogen-bond donors (Lipinski definition) is 0. The Hall–Kier alpha value is -3.24. The second-order valence-electron chi connectivity index (χ2n) is 6.43. The van der Waals surface area contributed by atoms with Gasteiger partial charge in [-0.15, -0.1) is 0 Å². The van der Waals surface area contributed by atoms with Crippen LogP contribution in [0.4, 0.5) is 0 Å². The molecule has 0 aliphatic carbocycles. The van der Waals surface area contributed by atoms with E-state index >= 15 is 0 Å². The van der Waals surface area contributed by atoms with E-state index in [4.69, 9.17) is 21.7 Å². The van der Waals surface area contributed by atoms with E-state index in [0.29, 0.717) is 5.02 Å². The molecule has 0 bridgehead atoms. The molecular weight excluding hydrogens is 356 g/mol. The molecule has 27 heavy (non-hydrogen) atoms. The minimum absolute atomic E-state index is 0.714. The summed E-state index contributed by atoms with van der Waals surface area (Å²) < 4.78 is 1.88. The number of fused-ring (bicyclic) bond motifs is 3. The monoisotopic (exact) mass is 370 g/mol. The highest BCUT2D eigenvalue weighted by molar-refractivity contribution is 6.30. The number of pyridine rings is 2. The van der Waals surface area contributed by atoms with Crippen molar-refractivity contribution in [2.45, 2.75) is 6.92 Å². The summed E-state index contributed by atoms with van der Waals surface area (Å²) in [5.41, 5.74) is 5.54. The lowest BCUT2D eigenvalue weighted by atomic mass is 10.1. The predicted molar refractivity (Wildman–Crippen MR) is 109 cm³/mol. The summed E-state index contributed by atoms with van der Waals surface area (Å²) in [5.74, 6) is 0. The Morgan fingerprint density at radius 2 is 1.67 bits per heavy atom. The molecule has 0 spiro atoms. The van der Waals surface area contributed by atoms with E-state index in [9.17, 15) is 0 Å². The number of hydrogen-bond acceptors (Lipinski definition) is 3. The molecule has 5 rings (SSSR count). The Labute approximate surface area is 161 Å². The summed E-state index contributed by atoms with van der Waals surface area (Å²) in [5, 5.41) is 7.41. The smallest absolute Gasteiger partial charge is 0.165 e. The summed E-state index contributed by atoms with van der Waals surface area (Å²) >= 11 is 6.01. The van der Waals surface area contributed by atoms with E-state index in [0.717, 1.165) is 44.6 Å². The maximum absolute atomic E-state index is 6.01. The van der Waals surface area contributed by atoms with Crippen molar-refractivity contribution < 1.29 is 0 Å². The largest absolute Gasteiger partial charge is 0.247 e. The van der Waals surface area contributed by atoms with Gasteiger partial charge in [0.15, 0.2) is 5.65 Å². The van der Waals surface area contributed by atoms with Crippen molar-refractivity contribution in [3.8, 4) is 16.9 Å². The van der Waals surface area contributed by atoms with Crippen LogP contribution in [0.2, 0.25) is 5.02 Å². The molecule has 0 amide bonds. The van der Waals surface area contributed by atoms with Crippen molar-refractivity contribution in [2.75, 3.05) is 0 Å². The Bertz CT molecular complexity index is 1270. The molecule has 5 aromatic rings. The molecule has 0 saturated heterocycles. The number of aryl methyl sites for hydroxylation is 1. The summed E-state index contributed by atoms with van der Waals surface area (Å²) in [4.78, 5) is 9.60. The molecule has 0 unspecified atom stereocenters. The van der Waals surface area contributed by atoms with Crippen molar-refractivity contribution in [1.82, 2.24) is 19.7 Å². The van der Waals surface area contributed by atoms with Gasteiger partial charge in [-0.2, -0.15) is 5.10 Å². The van der Waals surface area contributed by atoms with Crippen LogP contribution in [0, 0.1) is 6.92 Å². The number of aromatic nitrogens is 4. The van der Waals surface area contributed by atoms with E-state index < -0.39 is 0 Å². The number of nitrogens with zero attached hydrogens (tertiary/aromatic N) is 4. The molecule has 0 aliphatic rings. The lowest BCUT2D eigenvalue weighted by molar-refractivity contribution is 0.878. The average Bonchev–Trinajstić information content (AvgIpc) is 3.06. The number of para-hydroxylation sites is 1. The molecule has 3 heterocycles. The first kappa shape index (κ1) is 16.0. The zero-order valence-electron chi connectivity index (χ0n) is 14.6. The van der Waals surface area contributed by atoms with Gasteiger partial charge >= 0.3 is 0 Å². The molecule has 0 N–H and O–H groups in total. The van der Waals surface area contributed by atoms with E-state index in [1.54, 1.807) is 0 Å². The fourth-order valence-electron chi connectivity index (χ4n) is 3.35. The second kappa shape index (κ2) is 6.18. The van der Waals surface area contributed by atoms with Gasteiger partial charge in [0.2, 0.25) is 0 Å². The molecular formula is C22H15ClN4. The third-order valence-corrected chi connectivity index (χ3v) is 4.92. The molecule has 0 fully saturated rings. The third kappa shape index (κ3) is 2.66. The molecule has 2 aromatic carbocycles. The van der Waals surface area contributed by atoms with Crippen LogP contribution in [0.15, 0.2) is 72.9 Å². The fraction of sp³-hybridized carbons (Fsp3) is 0.0455. The van der Waals surface area contributed by atoms with Gasteiger partial charge in [0.25, 0.3) is 0 Å². The van der Waals surface area contributed by atoms with Crippen LogP contribution < -0.4 is 0 Å². The third-order valence-electron chi connectivity index (χ3n) is 4.67. The maximum Gasteiger partial charge on any atom is 0.165 e. The highest BCUT2D eigenvalue weighted by Gasteiger charge is 2.15. The first-order valence-electron chi connectivity index (χ1n) is 8.67. The minimum atomic E-state index is 0.714. The van der Waals surface area contributed by atoms with Crippen molar-refractivity contribution in [2.24, 2.45) is 0 Å². The molecule has 0 aliphatic heterocycles. The zero-order valence-corrected chi connectivity index (χ0v) is 15.4. The lowest BCUT2D eigenvalue weighted by Gasteiger charge is -2.06. The van der Waals surface area contributed by atoms with Gasteiger partial charge < -0.3 is 0 Å². The van der Waals surface area contributed by atoms with Gasteiger partial charge in [0.05, 0.1) is 28.0 Å². The van der Waals surface area contributed by atoms with Crippen LogP contribution in [-0.4, -0.2) is 19.7 Å². The summed E-state index contributed by atoms with van der Waals surface area (Å²) in [6.07, 6.45) is 1.86. The van der Waals surface area contributed by atoms with E-state index in [1.165, 1.54) is 0 Å². The quantitative estimate of drug-likeness (QED) is 0.406. The van der Waals surface area contributed by atoms with Gasteiger partial charge in [0, 0.05) is 22.2 Å². The number of benzene rings is 2. The number of halogens is 1. The van der Waals surface area contributed by atoms with Crippen LogP contribution in [-0.2, 0) is 0 Å². The van der Waals surface area contributed by atoms with Crippen LogP contribution in [0.25, 0.3) is 38.9 Å². The molecule has 0 atom stereocenters. The molecule has 0 saturated carbocycles. The van der Waals surface area contributed by atoms with E-state index in [1.807, 2.05) is 78.5 Å². The zero-order chi connectivity index (χ0) is 18.4. The van der Waals surface area contributed by atoms with Crippen molar-refractivity contribution >= 4 is 33.5 Å². The molecule has 0 radical (unpaired) electrons. The summed E-state index contributed by atoms with van der Waals surface area (Å²) in [7, 11) is 0. The summed E-state index contributed by atoms with van der Waals surface area (Å²) in [6, 6.07) is 21.8. The normalized spacial score (nSPS) is 11.3. The highest BCUT2D eigenvalue weighted by Crippen LogP contribution is 2.29. The van der Waals surface area contributed by atoms with Crippen LogP contribution >= 0.6 is 11.6 Å². The van der Waals surface area contributed by atoms with Crippen molar-refractivity contribution in [1.29, 1.82) is 0 Å². The first-order chi connectivity index (χ1) is 13.2. The van der Waals surface area contributed by atoms with E-state index in [2.05, 4.69) is 11.1 Å².